The maximum atomic E-state index is 11.6. The Morgan fingerprint density at radius 2 is 2.44 bits per heavy atom. The maximum Gasteiger partial charge on any atom is 0.244 e. The van der Waals surface area contributed by atoms with Crippen LogP contribution in [0.25, 0.3) is 6.08 Å². The summed E-state index contributed by atoms with van der Waals surface area (Å²) < 4.78 is 0. The Kier molecular flexibility index (Phi) is 3.74. The fourth-order valence-electron chi connectivity index (χ4n) is 1.94. The molecular formula is C12H16N2OS. The third-order valence-corrected chi connectivity index (χ3v) is 3.68. The summed E-state index contributed by atoms with van der Waals surface area (Å²) in [5.41, 5.74) is 5.88. The number of carbonyl (C=O) groups is 1. The van der Waals surface area contributed by atoms with Crippen molar-refractivity contribution >= 4 is 23.3 Å². The van der Waals surface area contributed by atoms with Crippen molar-refractivity contribution in [1.82, 2.24) is 5.32 Å². The average molecular weight is 236 g/mol. The van der Waals surface area contributed by atoms with E-state index in [0.717, 1.165) is 24.1 Å². The summed E-state index contributed by atoms with van der Waals surface area (Å²) in [4.78, 5) is 12.7. The van der Waals surface area contributed by atoms with Crippen molar-refractivity contribution in [3.05, 3.63) is 28.5 Å². The monoisotopic (exact) mass is 236 g/mol. The summed E-state index contributed by atoms with van der Waals surface area (Å²) in [7, 11) is 0. The van der Waals surface area contributed by atoms with Crippen molar-refractivity contribution in [2.75, 3.05) is 0 Å². The molecule has 1 aliphatic carbocycles. The number of carbonyl (C=O) groups excluding carboxylic acids is 1. The molecule has 0 saturated heterocycles. The lowest BCUT2D eigenvalue weighted by atomic mass is 10.2. The van der Waals surface area contributed by atoms with Crippen LogP contribution in [0.3, 0.4) is 0 Å². The van der Waals surface area contributed by atoms with E-state index in [0.29, 0.717) is 0 Å². The molecule has 4 heteroatoms. The molecule has 1 saturated carbocycles. The van der Waals surface area contributed by atoms with E-state index < -0.39 is 0 Å². The molecule has 2 atom stereocenters. The highest BCUT2D eigenvalue weighted by Gasteiger charge is 2.24. The van der Waals surface area contributed by atoms with E-state index in [-0.39, 0.29) is 18.0 Å². The number of hydrogen-bond acceptors (Lipinski definition) is 3. The molecule has 86 valence electrons. The van der Waals surface area contributed by atoms with Gasteiger partial charge in [0.05, 0.1) is 0 Å². The highest BCUT2D eigenvalue weighted by molar-refractivity contribution is 7.10. The fraction of sp³-hybridized carbons (Fsp3) is 0.417. The number of amides is 1. The van der Waals surface area contributed by atoms with Gasteiger partial charge >= 0.3 is 0 Å². The quantitative estimate of drug-likeness (QED) is 0.786. The third kappa shape index (κ3) is 2.93. The van der Waals surface area contributed by atoms with Gasteiger partial charge in [0.25, 0.3) is 0 Å². The van der Waals surface area contributed by atoms with Crippen LogP contribution in [0.4, 0.5) is 0 Å². The molecule has 1 aromatic heterocycles. The first kappa shape index (κ1) is 11.4. The van der Waals surface area contributed by atoms with E-state index >= 15 is 0 Å². The highest BCUT2D eigenvalue weighted by atomic mass is 32.1. The van der Waals surface area contributed by atoms with Gasteiger partial charge in [-0.1, -0.05) is 6.07 Å². The predicted octanol–water partition coefficient (Wildman–Crippen LogP) is 1.76. The van der Waals surface area contributed by atoms with Crippen LogP contribution in [0, 0.1) is 0 Å². The van der Waals surface area contributed by atoms with Gasteiger partial charge in [-0.15, -0.1) is 11.3 Å². The Labute approximate surface area is 99.3 Å². The van der Waals surface area contributed by atoms with Crippen LogP contribution in [0.5, 0.6) is 0 Å². The molecule has 1 heterocycles. The molecular weight excluding hydrogens is 220 g/mol. The van der Waals surface area contributed by atoms with Crippen molar-refractivity contribution in [2.24, 2.45) is 5.73 Å². The zero-order chi connectivity index (χ0) is 11.4. The van der Waals surface area contributed by atoms with Crippen LogP contribution in [-0.2, 0) is 4.79 Å². The Hall–Kier alpha value is -1.13. The fourth-order valence-corrected chi connectivity index (χ4v) is 2.56. The van der Waals surface area contributed by atoms with Gasteiger partial charge in [0.1, 0.15) is 0 Å². The van der Waals surface area contributed by atoms with Crippen LogP contribution in [0.2, 0.25) is 0 Å². The van der Waals surface area contributed by atoms with Gasteiger partial charge in [0.2, 0.25) is 5.91 Å². The van der Waals surface area contributed by atoms with E-state index in [4.69, 9.17) is 5.73 Å². The largest absolute Gasteiger partial charge is 0.348 e. The van der Waals surface area contributed by atoms with Crippen molar-refractivity contribution in [3.8, 4) is 0 Å². The van der Waals surface area contributed by atoms with Crippen LogP contribution in [0.15, 0.2) is 23.6 Å². The lowest BCUT2D eigenvalue weighted by Gasteiger charge is -2.15. The highest BCUT2D eigenvalue weighted by Crippen LogP contribution is 2.17. The Balaban J connectivity index is 1.84. The second kappa shape index (κ2) is 5.27. The topological polar surface area (TPSA) is 55.1 Å². The second-order valence-electron chi connectivity index (χ2n) is 4.06. The van der Waals surface area contributed by atoms with E-state index in [9.17, 15) is 4.79 Å². The van der Waals surface area contributed by atoms with Gasteiger partial charge in [0, 0.05) is 23.0 Å². The van der Waals surface area contributed by atoms with E-state index in [1.54, 1.807) is 17.4 Å². The van der Waals surface area contributed by atoms with E-state index in [1.165, 1.54) is 0 Å². The first-order valence-corrected chi connectivity index (χ1v) is 6.41. The van der Waals surface area contributed by atoms with Crippen molar-refractivity contribution < 1.29 is 4.79 Å². The van der Waals surface area contributed by atoms with Crippen molar-refractivity contribution in [1.29, 1.82) is 0 Å². The summed E-state index contributed by atoms with van der Waals surface area (Å²) in [5, 5.41) is 4.94. The number of nitrogens with two attached hydrogens (primary N) is 1. The lowest BCUT2D eigenvalue weighted by molar-refractivity contribution is -0.117. The first-order valence-electron chi connectivity index (χ1n) is 5.53. The maximum absolute atomic E-state index is 11.6. The van der Waals surface area contributed by atoms with Crippen molar-refractivity contribution in [2.45, 2.75) is 31.3 Å². The third-order valence-electron chi connectivity index (χ3n) is 2.84. The molecule has 0 radical (unpaired) electrons. The Morgan fingerprint density at radius 3 is 3.06 bits per heavy atom. The number of hydrogen-bond donors (Lipinski definition) is 2. The smallest absolute Gasteiger partial charge is 0.244 e. The molecule has 16 heavy (non-hydrogen) atoms. The van der Waals surface area contributed by atoms with Gasteiger partial charge in [-0.3, -0.25) is 4.79 Å². The molecule has 1 aromatic rings. The minimum Gasteiger partial charge on any atom is -0.348 e. The standard InChI is InChI=1S/C12H16N2OS/c13-10-4-1-5-11(10)14-12(15)7-6-9-3-2-8-16-9/h2-3,6-8,10-11H,1,4-5,13H2,(H,14,15). The molecule has 2 unspecified atom stereocenters. The molecule has 0 spiro atoms. The predicted molar refractivity (Wildman–Crippen MR) is 67.1 cm³/mol. The molecule has 3 nitrogen and oxygen atoms in total. The minimum absolute atomic E-state index is 0.0456. The SMILES string of the molecule is NC1CCCC1NC(=O)C=Cc1cccs1. The Bertz CT molecular complexity index is 372. The number of thiophene rings is 1. The first-order chi connectivity index (χ1) is 7.75. The number of rotatable bonds is 3. The molecule has 0 bridgehead atoms. The van der Waals surface area contributed by atoms with Crippen LogP contribution >= 0.6 is 11.3 Å². The minimum atomic E-state index is -0.0456. The van der Waals surface area contributed by atoms with E-state index in [1.807, 2.05) is 23.6 Å². The summed E-state index contributed by atoms with van der Waals surface area (Å²) in [6.07, 6.45) is 6.54. The second-order valence-corrected chi connectivity index (χ2v) is 5.04. The zero-order valence-corrected chi connectivity index (χ0v) is 9.87. The summed E-state index contributed by atoms with van der Waals surface area (Å²) in [6.45, 7) is 0. The summed E-state index contributed by atoms with van der Waals surface area (Å²) in [5.74, 6) is -0.0456. The zero-order valence-electron chi connectivity index (χ0n) is 9.06. The molecule has 1 amide bonds. The van der Waals surface area contributed by atoms with E-state index in [2.05, 4.69) is 5.32 Å². The van der Waals surface area contributed by atoms with Gasteiger partial charge < -0.3 is 11.1 Å². The van der Waals surface area contributed by atoms with Crippen LogP contribution in [-0.4, -0.2) is 18.0 Å². The normalized spacial score (nSPS) is 25.1. The van der Waals surface area contributed by atoms with Crippen molar-refractivity contribution in [3.63, 3.8) is 0 Å². The molecule has 3 N–H and O–H groups in total. The van der Waals surface area contributed by atoms with Gasteiger partial charge in [-0.05, 0) is 36.8 Å². The van der Waals surface area contributed by atoms with Crippen LogP contribution < -0.4 is 11.1 Å². The summed E-state index contributed by atoms with van der Waals surface area (Å²) >= 11 is 1.62. The summed E-state index contributed by atoms with van der Waals surface area (Å²) in [6, 6.07) is 4.23. The molecule has 0 aliphatic heterocycles. The molecule has 1 fully saturated rings. The average Bonchev–Trinajstić information content (AvgIpc) is 2.88. The Morgan fingerprint density at radius 1 is 1.56 bits per heavy atom. The van der Waals surface area contributed by atoms with Crippen LogP contribution in [0.1, 0.15) is 24.1 Å². The molecule has 1 aliphatic rings. The van der Waals surface area contributed by atoms with Gasteiger partial charge in [-0.25, -0.2) is 0 Å². The lowest BCUT2D eigenvalue weighted by Crippen LogP contribution is -2.43. The molecule has 2 rings (SSSR count). The van der Waals surface area contributed by atoms with Gasteiger partial charge in [-0.2, -0.15) is 0 Å². The van der Waals surface area contributed by atoms with Gasteiger partial charge in [0.15, 0.2) is 0 Å². The molecule has 0 aromatic carbocycles. The number of nitrogens with one attached hydrogen (secondary N) is 1.